The third-order valence-corrected chi connectivity index (χ3v) is 5.84. The van der Waals surface area contributed by atoms with E-state index in [9.17, 15) is 14.3 Å². The maximum atomic E-state index is 14.4. The van der Waals surface area contributed by atoms with Crippen molar-refractivity contribution < 1.29 is 19.0 Å². The minimum absolute atomic E-state index is 0.113. The number of halogens is 1. The van der Waals surface area contributed by atoms with Gasteiger partial charge in [0.15, 0.2) is 11.6 Å². The van der Waals surface area contributed by atoms with Crippen LogP contribution in [0.1, 0.15) is 37.8 Å². The van der Waals surface area contributed by atoms with Crippen LogP contribution >= 0.6 is 0 Å². The van der Waals surface area contributed by atoms with Crippen molar-refractivity contribution in [3.63, 3.8) is 0 Å². The summed E-state index contributed by atoms with van der Waals surface area (Å²) in [7, 11) is 0. The lowest BCUT2D eigenvalue weighted by Gasteiger charge is -2.34. The molecule has 0 bridgehead atoms. The Morgan fingerprint density at radius 2 is 2.00 bits per heavy atom. The molecule has 0 radical (unpaired) electrons. The maximum absolute atomic E-state index is 14.4. The molecule has 1 aromatic heterocycles. The van der Waals surface area contributed by atoms with Crippen molar-refractivity contribution in [3.8, 4) is 22.6 Å². The van der Waals surface area contributed by atoms with Crippen LogP contribution in [0.4, 0.5) is 14.9 Å². The number of para-hydroxylation sites is 1. The number of rotatable bonds is 4. The van der Waals surface area contributed by atoms with Crippen molar-refractivity contribution in [1.29, 1.82) is 0 Å². The quantitative estimate of drug-likeness (QED) is 0.608. The van der Waals surface area contributed by atoms with Gasteiger partial charge in [-0.1, -0.05) is 12.1 Å². The van der Waals surface area contributed by atoms with Gasteiger partial charge in [0.25, 0.3) is 0 Å². The van der Waals surface area contributed by atoms with Gasteiger partial charge >= 0.3 is 6.09 Å². The Hall–Kier alpha value is -3.35. The van der Waals surface area contributed by atoms with E-state index in [1.165, 1.54) is 11.0 Å². The molecule has 0 saturated heterocycles. The minimum atomic E-state index is -1.01. The van der Waals surface area contributed by atoms with Crippen molar-refractivity contribution in [3.05, 3.63) is 60.2 Å². The standard InChI is InChI=1S/C23H22FN3O3/c1-14-6-9-18-20(27(14)23(28)29)11-10-17(15-12-25-26(13-15)16-7-8-16)22(18)30-21-5-3-2-4-19(21)24/h2-5,10-14,16H,6-9H2,1H3,(H,28,29)/t14-/m0/s1. The Bertz CT molecular complexity index is 1120. The second kappa shape index (κ2) is 7.16. The van der Waals surface area contributed by atoms with Crippen LogP contribution in [0.2, 0.25) is 0 Å². The number of ether oxygens (including phenoxy) is 1. The number of amides is 1. The average molecular weight is 407 g/mol. The molecule has 5 rings (SSSR count). The van der Waals surface area contributed by atoms with Crippen LogP contribution < -0.4 is 9.64 Å². The highest BCUT2D eigenvalue weighted by molar-refractivity contribution is 5.91. The minimum Gasteiger partial charge on any atom is -0.465 e. The molecule has 2 heterocycles. The van der Waals surface area contributed by atoms with Crippen LogP contribution in [0.25, 0.3) is 11.1 Å². The normalized spacial score (nSPS) is 18.2. The highest BCUT2D eigenvalue weighted by Crippen LogP contribution is 2.45. The molecule has 1 N–H and O–H groups in total. The van der Waals surface area contributed by atoms with Crippen LogP contribution in [0.5, 0.6) is 11.5 Å². The van der Waals surface area contributed by atoms with Gasteiger partial charge in [0.2, 0.25) is 0 Å². The van der Waals surface area contributed by atoms with Gasteiger partial charge in [0.05, 0.1) is 17.9 Å². The van der Waals surface area contributed by atoms with E-state index in [1.54, 1.807) is 24.4 Å². The number of hydrogen-bond donors (Lipinski definition) is 1. The van der Waals surface area contributed by atoms with Crippen LogP contribution in [0, 0.1) is 5.82 Å². The van der Waals surface area contributed by atoms with Gasteiger partial charge in [-0.2, -0.15) is 5.10 Å². The number of benzene rings is 2. The lowest BCUT2D eigenvalue weighted by Crippen LogP contribution is -2.41. The van der Waals surface area contributed by atoms with Crippen LogP contribution in [-0.4, -0.2) is 27.0 Å². The Morgan fingerprint density at radius 1 is 1.20 bits per heavy atom. The van der Waals surface area contributed by atoms with Crippen molar-refractivity contribution in [2.45, 2.75) is 44.7 Å². The molecule has 1 fully saturated rings. The molecule has 1 amide bonds. The van der Waals surface area contributed by atoms with Crippen molar-refractivity contribution >= 4 is 11.8 Å². The zero-order chi connectivity index (χ0) is 20.8. The van der Waals surface area contributed by atoms with Crippen LogP contribution in [-0.2, 0) is 6.42 Å². The molecule has 0 unspecified atom stereocenters. The van der Waals surface area contributed by atoms with E-state index in [2.05, 4.69) is 5.10 Å². The summed E-state index contributed by atoms with van der Waals surface area (Å²) < 4.78 is 22.4. The summed E-state index contributed by atoms with van der Waals surface area (Å²) in [4.78, 5) is 13.3. The first kappa shape index (κ1) is 18.7. The molecule has 1 aliphatic heterocycles. The first-order chi connectivity index (χ1) is 14.5. The molecule has 6 nitrogen and oxygen atoms in total. The Balaban J connectivity index is 1.66. The van der Waals surface area contributed by atoms with E-state index in [0.717, 1.165) is 29.5 Å². The van der Waals surface area contributed by atoms with Gasteiger partial charge in [-0.3, -0.25) is 9.58 Å². The summed E-state index contributed by atoms with van der Waals surface area (Å²) >= 11 is 0. The topological polar surface area (TPSA) is 67.6 Å². The average Bonchev–Trinajstić information content (AvgIpc) is 3.46. The Morgan fingerprint density at radius 3 is 2.73 bits per heavy atom. The lowest BCUT2D eigenvalue weighted by atomic mass is 9.92. The van der Waals surface area contributed by atoms with Gasteiger partial charge in [-0.15, -0.1) is 0 Å². The molecule has 1 aliphatic carbocycles. The molecule has 2 aliphatic rings. The summed E-state index contributed by atoms with van der Waals surface area (Å²) in [5, 5.41) is 14.2. The summed E-state index contributed by atoms with van der Waals surface area (Å²) in [6, 6.07) is 10.2. The number of anilines is 1. The van der Waals surface area contributed by atoms with Crippen molar-refractivity contribution in [2.75, 3.05) is 4.90 Å². The summed E-state index contributed by atoms with van der Waals surface area (Å²) in [5.41, 5.74) is 3.02. The molecule has 0 spiro atoms. The zero-order valence-corrected chi connectivity index (χ0v) is 16.6. The van der Waals surface area contributed by atoms with Crippen LogP contribution in [0.3, 0.4) is 0 Å². The molecular weight excluding hydrogens is 385 g/mol. The first-order valence-electron chi connectivity index (χ1n) is 10.2. The third kappa shape index (κ3) is 3.20. The molecule has 7 heteroatoms. The largest absolute Gasteiger partial charge is 0.465 e. The fourth-order valence-corrected chi connectivity index (χ4v) is 4.09. The van der Waals surface area contributed by atoms with E-state index < -0.39 is 11.9 Å². The van der Waals surface area contributed by atoms with Gasteiger partial charge in [-0.25, -0.2) is 9.18 Å². The first-order valence-corrected chi connectivity index (χ1v) is 10.2. The summed E-state index contributed by atoms with van der Waals surface area (Å²) in [6.07, 6.45) is 6.31. The van der Waals surface area contributed by atoms with E-state index in [1.807, 2.05) is 29.9 Å². The number of fused-ring (bicyclic) bond motifs is 1. The maximum Gasteiger partial charge on any atom is 0.412 e. The smallest absolute Gasteiger partial charge is 0.412 e. The second-order valence-electron chi connectivity index (χ2n) is 7.95. The second-order valence-corrected chi connectivity index (χ2v) is 7.95. The van der Waals surface area contributed by atoms with Gasteiger partial charge < -0.3 is 9.84 Å². The SMILES string of the molecule is C[C@H]1CCc2c(ccc(-c3cnn(C4CC4)c3)c2Oc2ccccc2F)N1C(=O)O. The molecular formula is C23H22FN3O3. The Kier molecular flexibility index (Phi) is 4.46. The number of nitrogens with zero attached hydrogens (tertiary/aromatic N) is 3. The van der Waals surface area contributed by atoms with Gasteiger partial charge in [-0.05, 0) is 56.9 Å². The predicted octanol–water partition coefficient (Wildman–Crippen LogP) is 5.64. The number of hydrogen-bond acceptors (Lipinski definition) is 3. The molecule has 1 atom stereocenters. The van der Waals surface area contributed by atoms with E-state index >= 15 is 0 Å². The summed E-state index contributed by atoms with van der Waals surface area (Å²) in [6.45, 7) is 1.89. The number of carbonyl (C=O) groups is 1. The lowest BCUT2D eigenvalue weighted by molar-refractivity contribution is 0.198. The number of aromatic nitrogens is 2. The fraction of sp³-hybridized carbons (Fsp3) is 0.304. The monoisotopic (exact) mass is 407 g/mol. The highest BCUT2D eigenvalue weighted by Gasteiger charge is 2.32. The van der Waals surface area contributed by atoms with Crippen LogP contribution in [0.15, 0.2) is 48.8 Å². The van der Waals surface area contributed by atoms with Gasteiger partial charge in [0.1, 0.15) is 5.75 Å². The summed E-state index contributed by atoms with van der Waals surface area (Å²) in [5.74, 6) is 0.141. The Labute approximate surface area is 173 Å². The molecule has 1 saturated carbocycles. The highest BCUT2D eigenvalue weighted by atomic mass is 19.1. The fourth-order valence-electron chi connectivity index (χ4n) is 4.09. The van der Waals surface area contributed by atoms with Gasteiger partial charge in [0, 0.05) is 28.9 Å². The van der Waals surface area contributed by atoms with Crippen molar-refractivity contribution in [2.24, 2.45) is 0 Å². The molecule has 2 aromatic carbocycles. The zero-order valence-electron chi connectivity index (χ0n) is 16.6. The van der Waals surface area contributed by atoms with E-state index in [0.29, 0.717) is 30.3 Å². The molecule has 3 aromatic rings. The predicted molar refractivity (Wildman–Crippen MR) is 111 cm³/mol. The van der Waals surface area contributed by atoms with E-state index in [-0.39, 0.29) is 11.8 Å². The molecule has 154 valence electrons. The van der Waals surface area contributed by atoms with E-state index in [4.69, 9.17) is 4.74 Å². The molecule has 30 heavy (non-hydrogen) atoms. The number of carboxylic acid groups (broad SMARTS) is 1. The van der Waals surface area contributed by atoms with Crippen molar-refractivity contribution in [1.82, 2.24) is 9.78 Å². The third-order valence-electron chi connectivity index (χ3n) is 5.84.